The molecule has 0 aliphatic heterocycles. The number of rotatable bonds is 10. The topological polar surface area (TPSA) is 64.1 Å². The van der Waals surface area contributed by atoms with E-state index in [0.29, 0.717) is 32.3 Å². The second-order valence-electron chi connectivity index (χ2n) is 5.90. The molecule has 0 saturated heterocycles. The van der Waals surface area contributed by atoms with Gasteiger partial charge < -0.3 is 24.8 Å². The van der Waals surface area contributed by atoms with Gasteiger partial charge in [0.2, 0.25) is 0 Å². The third-order valence-electron chi connectivity index (χ3n) is 3.99. The largest absolute Gasteiger partial charge is 0.493 e. The summed E-state index contributed by atoms with van der Waals surface area (Å²) < 4.78 is 16.7. The summed E-state index contributed by atoms with van der Waals surface area (Å²) in [6.45, 7) is 7.91. The minimum Gasteiger partial charge on any atom is -0.493 e. The van der Waals surface area contributed by atoms with Crippen molar-refractivity contribution >= 4 is 29.9 Å². The van der Waals surface area contributed by atoms with Gasteiger partial charge in [0.1, 0.15) is 12.4 Å². The van der Waals surface area contributed by atoms with Crippen LogP contribution in [0.25, 0.3) is 0 Å². The van der Waals surface area contributed by atoms with E-state index < -0.39 is 0 Å². The molecule has 6 nitrogen and oxygen atoms in total. The molecule has 0 aromatic heterocycles. The molecule has 0 bridgehead atoms. The van der Waals surface area contributed by atoms with Crippen LogP contribution in [0.5, 0.6) is 17.2 Å². The van der Waals surface area contributed by atoms with E-state index in [1.165, 1.54) is 0 Å². The Kier molecular flexibility index (Phi) is 11.6. The number of hydrogen-bond donors (Lipinski definition) is 2. The average molecular weight is 511 g/mol. The maximum Gasteiger partial charge on any atom is 0.191 e. The average Bonchev–Trinajstić information content (AvgIpc) is 2.73. The summed E-state index contributed by atoms with van der Waals surface area (Å²) in [6.07, 6.45) is 1.73. The molecule has 0 atom stereocenters. The minimum atomic E-state index is 0. The van der Waals surface area contributed by atoms with Gasteiger partial charge in [0.15, 0.2) is 17.5 Å². The van der Waals surface area contributed by atoms with E-state index in [-0.39, 0.29) is 24.0 Å². The monoisotopic (exact) mass is 511 g/mol. The molecule has 2 rings (SSSR count). The van der Waals surface area contributed by atoms with Crippen LogP contribution in [0.1, 0.15) is 18.1 Å². The molecule has 0 amide bonds. The first-order valence-corrected chi connectivity index (χ1v) is 9.27. The molecule has 2 aromatic rings. The highest BCUT2D eigenvalue weighted by Gasteiger charge is 2.07. The molecular weight excluding hydrogens is 481 g/mol. The zero-order chi connectivity index (χ0) is 20.2. The van der Waals surface area contributed by atoms with E-state index in [9.17, 15) is 0 Å². The third kappa shape index (κ3) is 7.84. The molecule has 0 radical (unpaired) electrons. The number of aliphatic imine (C=N–C) groups is 1. The van der Waals surface area contributed by atoms with Crippen LogP contribution < -0.4 is 24.8 Å². The van der Waals surface area contributed by atoms with Crippen LogP contribution >= 0.6 is 24.0 Å². The highest BCUT2D eigenvalue weighted by molar-refractivity contribution is 14.0. The van der Waals surface area contributed by atoms with E-state index >= 15 is 0 Å². The van der Waals surface area contributed by atoms with Crippen molar-refractivity contribution < 1.29 is 14.2 Å². The van der Waals surface area contributed by atoms with Crippen LogP contribution in [0.2, 0.25) is 0 Å². The highest BCUT2D eigenvalue weighted by Crippen LogP contribution is 2.28. The van der Waals surface area contributed by atoms with Gasteiger partial charge in [-0.3, -0.25) is 4.99 Å². The molecule has 0 aliphatic rings. The Balaban J connectivity index is 0.00000420. The molecule has 0 fully saturated rings. The lowest BCUT2D eigenvalue weighted by Crippen LogP contribution is -2.36. The first kappa shape index (κ1) is 24.6. The van der Waals surface area contributed by atoms with Gasteiger partial charge in [0.05, 0.1) is 13.7 Å². The van der Waals surface area contributed by atoms with Crippen molar-refractivity contribution in [2.45, 2.75) is 20.0 Å². The predicted octanol–water partition coefficient (Wildman–Crippen LogP) is 4.14. The van der Waals surface area contributed by atoms with Gasteiger partial charge in [-0.2, -0.15) is 0 Å². The van der Waals surface area contributed by atoms with Crippen molar-refractivity contribution in [3.8, 4) is 17.2 Å². The summed E-state index contributed by atoms with van der Waals surface area (Å²) in [4.78, 5) is 4.28. The van der Waals surface area contributed by atoms with E-state index in [2.05, 4.69) is 22.2 Å². The Labute approximate surface area is 190 Å². The van der Waals surface area contributed by atoms with Crippen molar-refractivity contribution in [1.82, 2.24) is 10.6 Å². The lowest BCUT2D eigenvalue weighted by molar-refractivity contribution is 0.310. The Bertz CT molecular complexity index is 797. The Morgan fingerprint density at radius 3 is 2.48 bits per heavy atom. The molecule has 7 heteroatoms. The van der Waals surface area contributed by atoms with E-state index in [1.807, 2.05) is 49.4 Å². The van der Waals surface area contributed by atoms with Gasteiger partial charge in [-0.05, 0) is 30.7 Å². The van der Waals surface area contributed by atoms with Gasteiger partial charge in [0, 0.05) is 25.7 Å². The van der Waals surface area contributed by atoms with Crippen molar-refractivity contribution in [2.24, 2.45) is 4.99 Å². The van der Waals surface area contributed by atoms with Crippen LogP contribution in [-0.4, -0.2) is 33.3 Å². The molecule has 0 heterocycles. The van der Waals surface area contributed by atoms with E-state index in [4.69, 9.17) is 14.2 Å². The van der Waals surface area contributed by atoms with Crippen LogP contribution in [0.4, 0.5) is 0 Å². The normalized spacial score (nSPS) is 10.5. The van der Waals surface area contributed by atoms with Gasteiger partial charge in [0.25, 0.3) is 0 Å². The summed E-state index contributed by atoms with van der Waals surface area (Å²) in [7, 11) is 3.38. The number of methoxy groups -OCH3 is 1. The number of benzene rings is 2. The number of ether oxygens (including phenoxy) is 3. The van der Waals surface area contributed by atoms with E-state index in [1.54, 1.807) is 20.2 Å². The van der Waals surface area contributed by atoms with Crippen molar-refractivity contribution in [2.75, 3.05) is 27.4 Å². The molecule has 0 spiro atoms. The molecule has 0 unspecified atom stereocenters. The van der Waals surface area contributed by atoms with Gasteiger partial charge in [-0.25, -0.2) is 0 Å². The van der Waals surface area contributed by atoms with Crippen molar-refractivity contribution in [3.05, 3.63) is 66.2 Å². The van der Waals surface area contributed by atoms with Crippen LogP contribution in [0.15, 0.2) is 60.1 Å². The second kappa shape index (κ2) is 13.7. The molecule has 2 aromatic carbocycles. The first-order chi connectivity index (χ1) is 13.7. The number of nitrogens with one attached hydrogen (secondary N) is 2. The number of guanidine groups is 1. The SMILES string of the molecule is C=CCOc1ccccc1CNC(=NC)NCc1ccc(OC)c(OCC)c1.I. The Hall–Kier alpha value is -2.42. The Morgan fingerprint density at radius 2 is 1.79 bits per heavy atom. The maximum absolute atomic E-state index is 5.70. The van der Waals surface area contributed by atoms with E-state index in [0.717, 1.165) is 28.4 Å². The summed E-state index contributed by atoms with van der Waals surface area (Å²) in [5.41, 5.74) is 2.12. The van der Waals surface area contributed by atoms with Gasteiger partial charge in [-0.1, -0.05) is 36.9 Å². The molecule has 0 saturated carbocycles. The minimum absolute atomic E-state index is 0. The van der Waals surface area contributed by atoms with Gasteiger partial charge in [-0.15, -0.1) is 24.0 Å². The number of halogens is 1. The lowest BCUT2D eigenvalue weighted by Gasteiger charge is -2.15. The summed E-state index contributed by atoms with van der Waals surface area (Å²) >= 11 is 0. The third-order valence-corrected chi connectivity index (χ3v) is 3.99. The Morgan fingerprint density at radius 1 is 1.03 bits per heavy atom. The number of para-hydroxylation sites is 1. The number of hydrogen-bond acceptors (Lipinski definition) is 4. The maximum atomic E-state index is 5.70. The van der Waals surface area contributed by atoms with Crippen LogP contribution in [0, 0.1) is 0 Å². The first-order valence-electron chi connectivity index (χ1n) is 9.27. The van der Waals surface area contributed by atoms with Crippen LogP contribution in [-0.2, 0) is 13.1 Å². The molecule has 29 heavy (non-hydrogen) atoms. The molecular formula is C22H30IN3O3. The lowest BCUT2D eigenvalue weighted by atomic mass is 10.2. The standard InChI is InChI=1S/C22H29N3O3.HI/c1-5-13-28-19-10-8-7-9-18(19)16-25-22(23-3)24-15-17-11-12-20(26-4)21(14-17)27-6-2;/h5,7-12,14H,1,6,13,15-16H2,2-4H3,(H2,23,24,25);1H. The number of nitrogens with zero attached hydrogens (tertiary/aromatic N) is 1. The predicted molar refractivity (Wildman–Crippen MR) is 129 cm³/mol. The fraction of sp³-hybridized carbons (Fsp3) is 0.318. The quantitative estimate of drug-likeness (QED) is 0.217. The molecule has 158 valence electrons. The fourth-order valence-corrected chi connectivity index (χ4v) is 2.62. The zero-order valence-electron chi connectivity index (χ0n) is 17.2. The summed E-state index contributed by atoms with van der Waals surface area (Å²) in [5.74, 6) is 3.00. The smallest absolute Gasteiger partial charge is 0.191 e. The fourth-order valence-electron chi connectivity index (χ4n) is 2.62. The highest BCUT2D eigenvalue weighted by atomic mass is 127. The van der Waals surface area contributed by atoms with Crippen LogP contribution in [0.3, 0.4) is 0 Å². The van der Waals surface area contributed by atoms with Crippen molar-refractivity contribution in [1.29, 1.82) is 0 Å². The van der Waals surface area contributed by atoms with Crippen molar-refractivity contribution in [3.63, 3.8) is 0 Å². The zero-order valence-corrected chi connectivity index (χ0v) is 19.6. The second-order valence-corrected chi connectivity index (χ2v) is 5.90. The summed E-state index contributed by atoms with van der Waals surface area (Å²) in [6, 6.07) is 13.8. The van der Waals surface area contributed by atoms with Gasteiger partial charge >= 0.3 is 0 Å². The summed E-state index contributed by atoms with van der Waals surface area (Å²) in [5, 5.41) is 6.62. The molecule has 0 aliphatic carbocycles. The molecule has 2 N–H and O–H groups in total.